The van der Waals surface area contributed by atoms with E-state index in [0.717, 1.165) is 41.4 Å². The van der Waals surface area contributed by atoms with E-state index >= 15 is 0 Å². The molecule has 1 aliphatic heterocycles. The van der Waals surface area contributed by atoms with Crippen LogP contribution in [-0.2, 0) is 17.6 Å². The molecule has 0 fully saturated rings. The zero-order valence-electron chi connectivity index (χ0n) is 16.5. The van der Waals surface area contributed by atoms with Crippen LogP contribution in [0.5, 0.6) is 0 Å². The summed E-state index contributed by atoms with van der Waals surface area (Å²) in [6.07, 6.45) is 7.40. The maximum absolute atomic E-state index is 11.4. The number of aromatic nitrogens is 2. The summed E-state index contributed by atoms with van der Waals surface area (Å²) < 4.78 is 0. The van der Waals surface area contributed by atoms with E-state index in [4.69, 9.17) is 5.73 Å². The van der Waals surface area contributed by atoms with Gasteiger partial charge in [-0.2, -0.15) is 0 Å². The van der Waals surface area contributed by atoms with Crippen molar-refractivity contribution < 1.29 is 4.79 Å². The maximum Gasteiger partial charge on any atom is 0.221 e. The molecule has 1 aliphatic rings. The van der Waals surface area contributed by atoms with Crippen molar-refractivity contribution in [3.8, 4) is 0 Å². The molecule has 7 heteroatoms. The Balaban J connectivity index is 0.00000256. The first-order valence-electron chi connectivity index (χ1n) is 9.64. The molecule has 6 nitrogen and oxygen atoms in total. The number of primary amides is 1. The fourth-order valence-electron chi connectivity index (χ4n) is 3.47. The molecule has 4 rings (SSSR count). The van der Waals surface area contributed by atoms with E-state index in [1.807, 2.05) is 41.4 Å². The van der Waals surface area contributed by atoms with E-state index in [1.54, 1.807) is 12.4 Å². The predicted molar refractivity (Wildman–Crippen MR) is 122 cm³/mol. The minimum absolute atomic E-state index is 0. The minimum Gasteiger partial charge on any atom is -0.370 e. The number of amides is 1. The number of nitrogens with two attached hydrogens (primary N) is 1. The Morgan fingerprint density at radius 1 is 1.03 bits per heavy atom. The number of hydrogen-bond donors (Lipinski definition) is 2. The third-order valence-electron chi connectivity index (χ3n) is 4.83. The molecule has 0 unspecified atom stereocenters. The van der Waals surface area contributed by atoms with Gasteiger partial charge < -0.3 is 16.0 Å². The van der Waals surface area contributed by atoms with Gasteiger partial charge >= 0.3 is 0 Å². The van der Waals surface area contributed by atoms with Crippen LogP contribution in [0.3, 0.4) is 0 Å². The monoisotopic (exact) mass is 421 g/mol. The lowest BCUT2D eigenvalue weighted by Crippen LogP contribution is -2.21. The Hall–Kier alpha value is -3.38. The molecule has 30 heavy (non-hydrogen) atoms. The number of benzene rings is 1. The number of fused-ring (bicyclic) bond motifs is 1. The van der Waals surface area contributed by atoms with E-state index in [9.17, 15) is 4.79 Å². The van der Waals surface area contributed by atoms with E-state index in [-0.39, 0.29) is 24.7 Å². The maximum atomic E-state index is 11.4. The number of carbonyl (C=O) groups excluding carboxylic acids is 1. The van der Waals surface area contributed by atoms with E-state index in [0.29, 0.717) is 6.42 Å². The number of nitrogens with one attached hydrogen (secondary N) is 1. The highest BCUT2D eigenvalue weighted by atomic mass is 35.5. The summed E-state index contributed by atoms with van der Waals surface area (Å²) in [5.41, 5.74) is 9.73. The number of halogens is 1. The molecule has 0 bridgehead atoms. The zero-order valence-corrected chi connectivity index (χ0v) is 17.3. The summed E-state index contributed by atoms with van der Waals surface area (Å²) in [5, 5.41) is 3.32. The number of rotatable bonds is 7. The molecule has 0 spiro atoms. The van der Waals surface area contributed by atoms with Gasteiger partial charge in [0.1, 0.15) is 11.6 Å². The molecule has 3 aromatic rings. The van der Waals surface area contributed by atoms with Crippen LogP contribution in [-0.4, -0.2) is 22.4 Å². The normalized spacial score (nSPS) is 12.4. The SMILES string of the molecule is Cl.NC(=O)CC1=CN(c2ccc(CCNc3ccccn3)cc2)c2ncccc2C1. The van der Waals surface area contributed by atoms with Crippen molar-refractivity contribution in [2.75, 3.05) is 16.8 Å². The Morgan fingerprint density at radius 3 is 2.57 bits per heavy atom. The van der Waals surface area contributed by atoms with E-state index < -0.39 is 0 Å². The summed E-state index contributed by atoms with van der Waals surface area (Å²) in [6.45, 7) is 0.813. The van der Waals surface area contributed by atoms with Crippen LogP contribution in [0.15, 0.2) is 78.8 Å². The first-order chi connectivity index (χ1) is 14.2. The lowest BCUT2D eigenvalue weighted by atomic mass is 9.99. The van der Waals surface area contributed by atoms with Gasteiger partial charge in [0.2, 0.25) is 5.91 Å². The molecule has 2 aromatic heterocycles. The van der Waals surface area contributed by atoms with Crippen molar-refractivity contribution in [1.29, 1.82) is 0 Å². The Kier molecular flexibility index (Phi) is 7.03. The van der Waals surface area contributed by atoms with Crippen molar-refractivity contribution in [3.63, 3.8) is 0 Å². The number of carbonyl (C=O) groups is 1. The second kappa shape index (κ2) is 9.89. The highest BCUT2D eigenvalue weighted by molar-refractivity contribution is 5.85. The average Bonchev–Trinajstić information content (AvgIpc) is 2.74. The summed E-state index contributed by atoms with van der Waals surface area (Å²) in [5.74, 6) is 1.46. The van der Waals surface area contributed by atoms with Gasteiger partial charge in [0.15, 0.2) is 0 Å². The lowest BCUT2D eigenvalue weighted by molar-refractivity contribution is -0.117. The van der Waals surface area contributed by atoms with Crippen LogP contribution < -0.4 is 16.0 Å². The second-order valence-corrected chi connectivity index (χ2v) is 7.02. The first-order valence-corrected chi connectivity index (χ1v) is 9.64. The van der Waals surface area contributed by atoms with Crippen molar-refractivity contribution >= 4 is 35.6 Å². The van der Waals surface area contributed by atoms with Crippen LogP contribution in [0.1, 0.15) is 17.5 Å². The number of hydrogen-bond acceptors (Lipinski definition) is 5. The highest BCUT2D eigenvalue weighted by Gasteiger charge is 2.20. The molecular weight excluding hydrogens is 398 g/mol. The van der Waals surface area contributed by atoms with Crippen LogP contribution >= 0.6 is 12.4 Å². The van der Waals surface area contributed by atoms with Crippen LogP contribution in [0.25, 0.3) is 0 Å². The number of nitrogens with zero attached hydrogens (tertiary/aromatic N) is 3. The van der Waals surface area contributed by atoms with Gasteiger partial charge in [0, 0.05) is 37.2 Å². The Labute approximate surface area is 182 Å². The summed E-state index contributed by atoms with van der Waals surface area (Å²) in [7, 11) is 0. The highest BCUT2D eigenvalue weighted by Crippen LogP contribution is 2.34. The third-order valence-corrected chi connectivity index (χ3v) is 4.83. The van der Waals surface area contributed by atoms with Crippen molar-refractivity contribution in [1.82, 2.24) is 9.97 Å². The molecule has 3 heterocycles. The fraction of sp³-hybridized carbons (Fsp3) is 0.174. The summed E-state index contributed by atoms with van der Waals surface area (Å²) >= 11 is 0. The average molecular weight is 422 g/mol. The molecule has 0 atom stereocenters. The fourth-order valence-corrected chi connectivity index (χ4v) is 3.47. The number of anilines is 3. The van der Waals surface area contributed by atoms with Crippen molar-refractivity contribution in [2.45, 2.75) is 19.3 Å². The van der Waals surface area contributed by atoms with Gasteiger partial charge in [-0.15, -0.1) is 12.4 Å². The van der Waals surface area contributed by atoms with Gasteiger partial charge in [-0.25, -0.2) is 9.97 Å². The van der Waals surface area contributed by atoms with Crippen LogP contribution in [0.4, 0.5) is 17.3 Å². The van der Waals surface area contributed by atoms with Crippen LogP contribution in [0.2, 0.25) is 0 Å². The summed E-state index contributed by atoms with van der Waals surface area (Å²) in [4.78, 5) is 22.3. The van der Waals surface area contributed by atoms with Gasteiger partial charge in [-0.05, 0) is 59.9 Å². The molecule has 0 aliphatic carbocycles. The largest absolute Gasteiger partial charge is 0.370 e. The molecule has 0 radical (unpaired) electrons. The van der Waals surface area contributed by atoms with Crippen LogP contribution in [0, 0.1) is 0 Å². The third kappa shape index (κ3) is 5.15. The molecule has 3 N–H and O–H groups in total. The topological polar surface area (TPSA) is 84.1 Å². The molecule has 1 amide bonds. The van der Waals surface area contributed by atoms with Gasteiger partial charge in [0.25, 0.3) is 0 Å². The van der Waals surface area contributed by atoms with E-state index in [1.165, 1.54) is 5.56 Å². The van der Waals surface area contributed by atoms with E-state index in [2.05, 4.69) is 39.6 Å². The van der Waals surface area contributed by atoms with Gasteiger partial charge in [-0.1, -0.05) is 24.3 Å². The molecule has 0 saturated heterocycles. The standard InChI is InChI=1S/C23H23N5O.ClH/c24-21(29)15-18-14-19-4-3-12-27-23(19)28(16-18)20-8-6-17(7-9-20)10-13-26-22-5-1-2-11-25-22;/h1-9,11-12,16H,10,13-15H2,(H2,24,29)(H,25,26);1H. The van der Waals surface area contributed by atoms with Gasteiger partial charge in [-0.3, -0.25) is 4.79 Å². The molecule has 1 aromatic carbocycles. The molecule has 0 saturated carbocycles. The minimum atomic E-state index is -0.320. The lowest BCUT2D eigenvalue weighted by Gasteiger charge is -2.28. The Bertz CT molecular complexity index is 1020. The molecular formula is C23H24ClN5O. The predicted octanol–water partition coefficient (Wildman–Crippen LogP) is 4.01. The van der Waals surface area contributed by atoms with Gasteiger partial charge in [0.05, 0.1) is 0 Å². The van der Waals surface area contributed by atoms with Crippen molar-refractivity contribution in [3.05, 3.63) is 89.9 Å². The smallest absolute Gasteiger partial charge is 0.221 e. The Morgan fingerprint density at radius 2 is 1.83 bits per heavy atom. The zero-order chi connectivity index (χ0) is 20.1. The quantitative estimate of drug-likeness (QED) is 0.602. The molecule has 154 valence electrons. The van der Waals surface area contributed by atoms with Crippen molar-refractivity contribution in [2.24, 2.45) is 5.73 Å². The summed E-state index contributed by atoms with van der Waals surface area (Å²) in [6, 6.07) is 18.2. The first kappa shape index (κ1) is 21.3. The number of pyridine rings is 2. The second-order valence-electron chi connectivity index (χ2n) is 7.02.